The Morgan fingerprint density at radius 2 is 2.36 bits per heavy atom. The van der Waals surface area contributed by atoms with Crippen molar-refractivity contribution in [3.63, 3.8) is 0 Å². The smallest absolute Gasteiger partial charge is 0.122 e. The van der Waals surface area contributed by atoms with E-state index >= 15 is 0 Å². The number of rotatable bonds is 4. The van der Waals surface area contributed by atoms with E-state index in [1.54, 1.807) is 0 Å². The van der Waals surface area contributed by atoms with Crippen LogP contribution < -0.4 is 10.1 Å². The minimum Gasteiger partial charge on any atom is -0.493 e. The van der Waals surface area contributed by atoms with Crippen molar-refractivity contribution < 1.29 is 4.74 Å². The predicted molar refractivity (Wildman–Crippen MR) is 62.6 cm³/mol. The van der Waals surface area contributed by atoms with Gasteiger partial charge in [0.1, 0.15) is 5.75 Å². The monoisotopic (exact) mass is 209 g/mol. The van der Waals surface area contributed by atoms with Crippen LogP contribution >= 0.6 is 12.6 Å². The molecule has 0 bridgehead atoms. The molecule has 0 aromatic heterocycles. The number of anilines is 1. The second kappa shape index (κ2) is 4.60. The normalized spacial score (nSPS) is 13.5. The minimum atomic E-state index is 0.829. The third kappa shape index (κ3) is 2.15. The number of thiol groups is 1. The Morgan fingerprint density at radius 3 is 3.21 bits per heavy atom. The van der Waals surface area contributed by atoms with E-state index < -0.39 is 0 Å². The SMILES string of the molecule is SCCCNc1ccc2c(c1)CCO2. The molecule has 0 amide bonds. The van der Waals surface area contributed by atoms with Crippen LogP contribution in [-0.2, 0) is 6.42 Å². The standard InChI is InChI=1S/C11H15NOS/c14-7-1-5-12-10-2-3-11-9(8-10)4-6-13-11/h2-3,8,12,14H,1,4-7H2. The summed E-state index contributed by atoms with van der Waals surface area (Å²) in [5.41, 5.74) is 2.51. The number of nitrogens with one attached hydrogen (secondary N) is 1. The van der Waals surface area contributed by atoms with Gasteiger partial charge in [0.2, 0.25) is 0 Å². The first-order valence-electron chi connectivity index (χ1n) is 5.00. The summed E-state index contributed by atoms with van der Waals surface area (Å²) >= 11 is 4.17. The minimum absolute atomic E-state index is 0.829. The highest BCUT2D eigenvalue weighted by atomic mass is 32.1. The van der Waals surface area contributed by atoms with E-state index in [1.807, 2.05) is 6.07 Å². The van der Waals surface area contributed by atoms with E-state index in [2.05, 4.69) is 30.1 Å². The second-order valence-corrected chi connectivity index (χ2v) is 3.87. The van der Waals surface area contributed by atoms with Crippen molar-refractivity contribution >= 4 is 18.3 Å². The van der Waals surface area contributed by atoms with Gasteiger partial charge in [-0.3, -0.25) is 0 Å². The Balaban J connectivity index is 1.98. The van der Waals surface area contributed by atoms with Gasteiger partial charge in [0.15, 0.2) is 0 Å². The Kier molecular flexibility index (Phi) is 3.19. The zero-order valence-electron chi connectivity index (χ0n) is 8.12. The van der Waals surface area contributed by atoms with Crippen molar-refractivity contribution in [2.45, 2.75) is 12.8 Å². The first-order chi connectivity index (χ1) is 6.90. The van der Waals surface area contributed by atoms with E-state index in [0.717, 1.165) is 37.5 Å². The van der Waals surface area contributed by atoms with Crippen LogP contribution in [0.2, 0.25) is 0 Å². The summed E-state index contributed by atoms with van der Waals surface area (Å²) in [7, 11) is 0. The topological polar surface area (TPSA) is 21.3 Å². The molecule has 1 heterocycles. The second-order valence-electron chi connectivity index (χ2n) is 3.42. The molecule has 3 heteroatoms. The lowest BCUT2D eigenvalue weighted by molar-refractivity contribution is 0.357. The van der Waals surface area contributed by atoms with Gasteiger partial charge in [-0.25, -0.2) is 0 Å². The summed E-state index contributed by atoms with van der Waals surface area (Å²) in [6.07, 6.45) is 2.13. The molecule has 76 valence electrons. The molecule has 1 aromatic rings. The van der Waals surface area contributed by atoms with Crippen LogP contribution in [0.15, 0.2) is 18.2 Å². The van der Waals surface area contributed by atoms with E-state index in [-0.39, 0.29) is 0 Å². The van der Waals surface area contributed by atoms with Crippen molar-refractivity contribution in [2.24, 2.45) is 0 Å². The zero-order valence-corrected chi connectivity index (χ0v) is 9.02. The Bertz CT molecular complexity index is 314. The summed E-state index contributed by atoms with van der Waals surface area (Å²) < 4.78 is 5.44. The lowest BCUT2D eigenvalue weighted by Crippen LogP contribution is -2.01. The maximum absolute atomic E-state index is 5.44. The summed E-state index contributed by atoms with van der Waals surface area (Å²) in [5.74, 6) is 1.98. The summed E-state index contributed by atoms with van der Waals surface area (Å²) in [4.78, 5) is 0. The number of fused-ring (bicyclic) bond motifs is 1. The molecule has 0 saturated carbocycles. The Labute approximate surface area is 90.1 Å². The number of ether oxygens (including phenoxy) is 1. The highest BCUT2D eigenvalue weighted by Gasteiger charge is 2.11. The van der Waals surface area contributed by atoms with E-state index in [1.165, 1.54) is 11.3 Å². The average Bonchev–Trinajstić information content (AvgIpc) is 2.65. The highest BCUT2D eigenvalue weighted by molar-refractivity contribution is 7.80. The molecule has 0 unspecified atom stereocenters. The first-order valence-corrected chi connectivity index (χ1v) is 5.64. The molecule has 1 N–H and O–H groups in total. The fourth-order valence-corrected chi connectivity index (χ4v) is 1.77. The first kappa shape index (κ1) is 9.71. The largest absolute Gasteiger partial charge is 0.493 e. The summed E-state index contributed by atoms with van der Waals surface area (Å²) in [5, 5.41) is 3.37. The van der Waals surface area contributed by atoms with Gasteiger partial charge in [0.05, 0.1) is 6.61 Å². The van der Waals surface area contributed by atoms with Crippen molar-refractivity contribution in [1.82, 2.24) is 0 Å². The molecule has 0 radical (unpaired) electrons. The fourth-order valence-electron chi connectivity index (χ4n) is 1.61. The van der Waals surface area contributed by atoms with Crippen LogP contribution in [0.25, 0.3) is 0 Å². The van der Waals surface area contributed by atoms with E-state index in [4.69, 9.17) is 4.74 Å². The van der Waals surface area contributed by atoms with Crippen molar-refractivity contribution in [3.8, 4) is 5.75 Å². The number of hydrogen-bond acceptors (Lipinski definition) is 3. The van der Waals surface area contributed by atoms with Crippen LogP contribution in [0.4, 0.5) is 5.69 Å². The van der Waals surface area contributed by atoms with Gasteiger partial charge in [-0.2, -0.15) is 12.6 Å². The number of benzene rings is 1. The molecule has 1 aliphatic rings. The fraction of sp³-hybridized carbons (Fsp3) is 0.455. The van der Waals surface area contributed by atoms with Crippen LogP contribution in [-0.4, -0.2) is 18.9 Å². The molecule has 0 aliphatic carbocycles. The van der Waals surface area contributed by atoms with Gasteiger partial charge < -0.3 is 10.1 Å². The van der Waals surface area contributed by atoms with Crippen LogP contribution in [0, 0.1) is 0 Å². The Hall–Kier alpha value is -0.830. The van der Waals surface area contributed by atoms with Gasteiger partial charge in [-0.15, -0.1) is 0 Å². The molecule has 0 fully saturated rings. The summed E-state index contributed by atoms with van der Waals surface area (Å²) in [6.45, 7) is 1.82. The molecule has 14 heavy (non-hydrogen) atoms. The van der Waals surface area contributed by atoms with E-state index in [9.17, 15) is 0 Å². The third-order valence-corrected chi connectivity index (χ3v) is 2.67. The number of hydrogen-bond donors (Lipinski definition) is 2. The van der Waals surface area contributed by atoms with Gasteiger partial charge in [-0.05, 0) is 35.9 Å². The molecular formula is C11H15NOS. The molecule has 0 atom stereocenters. The lowest BCUT2D eigenvalue weighted by Gasteiger charge is -2.06. The molecule has 1 aliphatic heterocycles. The Morgan fingerprint density at radius 1 is 1.43 bits per heavy atom. The van der Waals surface area contributed by atoms with E-state index in [0.29, 0.717) is 0 Å². The average molecular weight is 209 g/mol. The maximum Gasteiger partial charge on any atom is 0.122 e. The van der Waals surface area contributed by atoms with Gasteiger partial charge in [0.25, 0.3) is 0 Å². The predicted octanol–water partition coefficient (Wildman–Crippen LogP) is 2.35. The molecule has 2 nitrogen and oxygen atoms in total. The lowest BCUT2D eigenvalue weighted by atomic mass is 10.1. The van der Waals surface area contributed by atoms with Gasteiger partial charge in [0, 0.05) is 18.7 Å². The van der Waals surface area contributed by atoms with Gasteiger partial charge >= 0.3 is 0 Å². The molecule has 1 aromatic carbocycles. The van der Waals surface area contributed by atoms with Crippen molar-refractivity contribution in [2.75, 3.05) is 24.2 Å². The molecule has 0 spiro atoms. The molecular weight excluding hydrogens is 194 g/mol. The van der Waals surface area contributed by atoms with Crippen LogP contribution in [0.5, 0.6) is 5.75 Å². The maximum atomic E-state index is 5.44. The summed E-state index contributed by atoms with van der Waals surface area (Å²) in [6, 6.07) is 6.30. The quantitative estimate of drug-likeness (QED) is 0.587. The third-order valence-electron chi connectivity index (χ3n) is 2.35. The molecule has 2 rings (SSSR count). The van der Waals surface area contributed by atoms with Gasteiger partial charge in [-0.1, -0.05) is 0 Å². The molecule has 0 saturated heterocycles. The highest BCUT2D eigenvalue weighted by Crippen LogP contribution is 2.27. The van der Waals surface area contributed by atoms with Crippen LogP contribution in [0.3, 0.4) is 0 Å². The van der Waals surface area contributed by atoms with Crippen LogP contribution in [0.1, 0.15) is 12.0 Å². The van der Waals surface area contributed by atoms with Crippen molar-refractivity contribution in [3.05, 3.63) is 23.8 Å². The van der Waals surface area contributed by atoms with Crippen molar-refractivity contribution in [1.29, 1.82) is 0 Å². The zero-order chi connectivity index (χ0) is 9.80.